The van der Waals surface area contributed by atoms with Crippen molar-refractivity contribution in [2.24, 2.45) is 0 Å². The normalized spacial score (nSPS) is 13.0. The summed E-state index contributed by atoms with van der Waals surface area (Å²) in [6.07, 6.45) is -3.69. The van der Waals surface area contributed by atoms with Gasteiger partial charge in [-0.25, -0.2) is 8.42 Å². The lowest BCUT2D eigenvalue weighted by Gasteiger charge is -2.34. The van der Waals surface area contributed by atoms with Gasteiger partial charge in [-0.3, -0.25) is 13.9 Å². The molecule has 2 amide bonds. The predicted molar refractivity (Wildman–Crippen MR) is 139 cm³/mol. The summed E-state index contributed by atoms with van der Waals surface area (Å²) in [6.45, 7) is 6.22. The van der Waals surface area contributed by atoms with Gasteiger partial charge in [0.05, 0.1) is 24.6 Å². The first-order chi connectivity index (χ1) is 17.5. The van der Waals surface area contributed by atoms with E-state index in [4.69, 9.17) is 4.74 Å². The summed E-state index contributed by atoms with van der Waals surface area (Å²) < 4.78 is 70.9. The van der Waals surface area contributed by atoms with Gasteiger partial charge in [-0.15, -0.1) is 0 Å². The average molecular weight is 558 g/mol. The van der Waals surface area contributed by atoms with Gasteiger partial charge in [0, 0.05) is 12.1 Å². The number of amides is 2. The minimum absolute atomic E-state index is 0.0426. The molecule has 0 aliphatic carbocycles. The highest BCUT2D eigenvalue weighted by Crippen LogP contribution is 2.32. The van der Waals surface area contributed by atoms with Crippen LogP contribution < -0.4 is 14.4 Å². The first-order valence-corrected chi connectivity index (χ1v) is 13.7. The molecule has 0 radical (unpaired) electrons. The van der Waals surface area contributed by atoms with Crippen molar-refractivity contribution in [2.45, 2.75) is 58.4 Å². The van der Waals surface area contributed by atoms with Gasteiger partial charge in [0.2, 0.25) is 21.8 Å². The second-order valence-corrected chi connectivity index (χ2v) is 11.8. The van der Waals surface area contributed by atoms with Gasteiger partial charge >= 0.3 is 6.18 Å². The van der Waals surface area contributed by atoms with Crippen molar-refractivity contribution < 1.29 is 35.9 Å². The van der Waals surface area contributed by atoms with Gasteiger partial charge < -0.3 is 15.0 Å². The summed E-state index contributed by atoms with van der Waals surface area (Å²) >= 11 is 0. The van der Waals surface area contributed by atoms with E-state index in [-0.39, 0.29) is 18.7 Å². The lowest BCUT2D eigenvalue weighted by molar-refractivity contribution is -0.141. The zero-order chi connectivity index (χ0) is 28.9. The Morgan fingerprint density at radius 1 is 1.05 bits per heavy atom. The number of rotatable bonds is 10. The van der Waals surface area contributed by atoms with Crippen LogP contribution in [-0.4, -0.2) is 56.6 Å². The molecule has 38 heavy (non-hydrogen) atoms. The molecule has 0 unspecified atom stereocenters. The van der Waals surface area contributed by atoms with E-state index in [2.05, 4.69) is 5.32 Å². The van der Waals surface area contributed by atoms with Crippen LogP contribution in [0.4, 0.5) is 18.9 Å². The van der Waals surface area contributed by atoms with Gasteiger partial charge in [0.1, 0.15) is 18.3 Å². The molecule has 1 N–H and O–H groups in total. The Kier molecular flexibility index (Phi) is 9.82. The van der Waals surface area contributed by atoms with Crippen LogP contribution in [0.2, 0.25) is 0 Å². The molecule has 0 aliphatic heterocycles. The molecule has 0 saturated carbocycles. The second-order valence-electron chi connectivity index (χ2n) is 9.85. The van der Waals surface area contributed by atoms with Crippen molar-refractivity contribution in [3.8, 4) is 5.75 Å². The van der Waals surface area contributed by atoms with Gasteiger partial charge in [-0.1, -0.05) is 25.1 Å². The molecule has 1 atom stereocenters. The maximum Gasteiger partial charge on any atom is 0.416 e. The van der Waals surface area contributed by atoms with Crippen molar-refractivity contribution >= 4 is 27.5 Å². The van der Waals surface area contributed by atoms with E-state index in [1.165, 1.54) is 18.1 Å². The molecule has 2 rings (SSSR count). The van der Waals surface area contributed by atoms with Gasteiger partial charge in [0.25, 0.3) is 0 Å². The van der Waals surface area contributed by atoms with Crippen LogP contribution >= 0.6 is 0 Å². The van der Waals surface area contributed by atoms with E-state index < -0.39 is 51.7 Å². The summed E-state index contributed by atoms with van der Waals surface area (Å²) in [4.78, 5) is 28.0. The summed E-state index contributed by atoms with van der Waals surface area (Å²) in [5.74, 6) is -0.608. The van der Waals surface area contributed by atoms with Crippen molar-refractivity contribution in [1.29, 1.82) is 0 Å². The number of methoxy groups -OCH3 is 1. The van der Waals surface area contributed by atoms with Gasteiger partial charge in [0.15, 0.2) is 0 Å². The number of carbonyl (C=O) groups excluding carboxylic acids is 2. The Labute approximate surface area is 221 Å². The van der Waals surface area contributed by atoms with E-state index >= 15 is 0 Å². The second kappa shape index (κ2) is 12.1. The number of hydrogen-bond acceptors (Lipinski definition) is 5. The Morgan fingerprint density at radius 2 is 1.66 bits per heavy atom. The highest BCUT2D eigenvalue weighted by molar-refractivity contribution is 7.92. The van der Waals surface area contributed by atoms with E-state index in [9.17, 15) is 31.2 Å². The summed E-state index contributed by atoms with van der Waals surface area (Å²) in [5.41, 5.74) is -1.32. The third kappa shape index (κ3) is 8.64. The van der Waals surface area contributed by atoms with Crippen molar-refractivity contribution in [3.63, 3.8) is 0 Å². The van der Waals surface area contributed by atoms with E-state index in [1.54, 1.807) is 52.0 Å². The van der Waals surface area contributed by atoms with Crippen LogP contribution in [0.25, 0.3) is 0 Å². The van der Waals surface area contributed by atoms with Crippen LogP contribution in [0.15, 0.2) is 48.5 Å². The van der Waals surface area contributed by atoms with E-state index in [0.29, 0.717) is 21.7 Å². The largest absolute Gasteiger partial charge is 0.497 e. The number of nitrogens with one attached hydrogen (secondary N) is 1. The lowest BCUT2D eigenvalue weighted by Crippen LogP contribution is -2.55. The Hall–Kier alpha value is -3.28. The molecule has 0 aromatic heterocycles. The fraction of sp³-hybridized carbons (Fsp3) is 0.462. The molecule has 0 fully saturated rings. The molecule has 0 bridgehead atoms. The molecule has 2 aromatic carbocycles. The minimum atomic E-state index is -4.71. The lowest BCUT2D eigenvalue weighted by atomic mass is 10.1. The number of nitrogens with zero attached hydrogens (tertiary/aromatic N) is 2. The van der Waals surface area contributed by atoms with Gasteiger partial charge in [-0.2, -0.15) is 13.2 Å². The number of sulfonamides is 1. The fourth-order valence-electron chi connectivity index (χ4n) is 3.75. The molecule has 12 heteroatoms. The van der Waals surface area contributed by atoms with Crippen LogP contribution in [0, 0.1) is 0 Å². The smallest absolute Gasteiger partial charge is 0.416 e. The molecule has 2 aromatic rings. The zero-order valence-corrected chi connectivity index (χ0v) is 23.1. The summed E-state index contributed by atoms with van der Waals surface area (Å²) in [7, 11) is -2.67. The molecule has 210 valence electrons. The Morgan fingerprint density at radius 3 is 2.13 bits per heavy atom. The van der Waals surface area contributed by atoms with E-state index in [1.807, 2.05) is 0 Å². The number of halogens is 3. The standard InChI is InChI=1S/C26H34F3N3O5S/c1-7-22(24(34)30-25(2,3)4)31(16-18-11-13-21(37-5)14-12-18)23(33)17-32(38(6,35)36)20-10-8-9-19(15-20)26(27,28)29/h8-15,22H,7,16-17H2,1-6H3,(H,30,34)/t22-/m0/s1. The Bertz CT molecular complexity index is 1230. The Balaban J connectivity index is 2.50. The SMILES string of the molecule is CC[C@@H](C(=O)NC(C)(C)C)N(Cc1ccc(OC)cc1)C(=O)CN(c1cccc(C(F)(F)F)c1)S(C)(=O)=O. The molecule has 0 heterocycles. The third-order valence-electron chi connectivity index (χ3n) is 5.54. The van der Waals surface area contributed by atoms with Crippen LogP contribution in [0.1, 0.15) is 45.2 Å². The number of benzene rings is 2. The minimum Gasteiger partial charge on any atom is -0.497 e. The highest BCUT2D eigenvalue weighted by atomic mass is 32.2. The first kappa shape index (κ1) is 30.9. The van der Waals surface area contributed by atoms with E-state index in [0.717, 1.165) is 18.4 Å². The van der Waals surface area contributed by atoms with Crippen molar-refractivity contribution in [2.75, 3.05) is 24.2 Å². The van der Waals surface area contributed by atoms with Crippen molar-refractivity contribution in [3.05, 3.63) is 59.7 Å². The number of anilines is 1. The number of alkyl halides is 3. The summed E-state index contributed by atoms with van der Waals surface area (Å²) in [6, 6.07) is 9.54. The third-order valence-corrected chi connectivity index (χ3v) is 6.68. The number of carbonyl (C=O) groups is 2. The topological polar surface area (TPSA) is 96.0 Å². The first-order valence-electron chi connectivity index (χ1n) is 11.9. The quantitative estimate of drug-likeness (QED) is 0.473. The molecule has 0 saturated heterocycles. The number of ether oxygens (including phenoxy) is 1. The number of hydrogen-bond donors (Lipinski definition) is 1. The van der Waals surface area contributed by atoms with Gasteiger partial charge in [-0.05, 0) is 63.1 Å². The fourth-order valence-corrected chi connectivity index (χ4v) is 4.59. The zero-order valence-electron chi connectivity index (χ0n) is 22.3. The predicted octanol–water partition coefficient (Wildman–Crippen LogP) is 4.20. The highest BCUT2D eigenvalue weighted by Gasteiger charge is 2.35. The monoisotopic (exact) mass is 557 g/mol. The van der Waals surface area contributed by atoms with Crippen LogP contribution in [0.5, 0.6) is 5.75 Å². The molecular weight excluding hydrogens is 523 g/mol. The maximum atomic E-state index is 13.6. The molecule has 0 aliphatic rings. The van der Waals surface area contributed by atoms with Crippen molar-refractivity contribution in [1.82, 2.24) is 10.2 Å². The molecule has 0 spiro atoms. The molecule has 8 nitrogen and oxygen atoms in total. The molecular formula is C26H34F3N3O5S. The van der Waals surface area contributed by atoms with Crippen LogP contribution in [-0.2, 0) is 32.3 Å². The van der Waals surface area contributed by atoms with Crippen LogP contribution in [0.3, 0.4) is 0 Å². The summed E-state index contributed by atoms with van der Waals surface area (Å²) in [5, 5.41) is 2.84. The average Bonchev–Trinajstić information content (AvgIpc) is 2.80. The maximum absolute atomic E-state index is 13.6.